The Labute approximate surface area is 143 Å². The lowest BCUT2D eigenvalue weighted by Crippen LogP contribution is -2.34. The van der Waals surface area contributed by atoms with Crippen LogP contribution in [0.1, 0.15) is 43.7 Å². The summed E-state index contributed by atoms with van der Waals surface area (Å²) in [6.45, 7) is 5.12. The van der Waals surface area contributed by atoms with E-state index in [0.29, 0.717) is 0 Å². The Balaban J connectivity index is 1.50. The number of carbonyl (C=O) groups excluding carboxylic acids is 1. The summed E-state index contributed by atoms with van der Waals surface area (Å²) in [4.78, 5) is 17.9. The Morgan fingerprint density at radius 3 is 3.08 bits per heavy atom. The van der Waals surface area contributed by atoms with Gasteiger partial charge in [-0.1, -0.05) is 13.8 Å². The number of imidazole rings is 1. The number of hydrogen-bond donors (Lipinski definition) is 1. The molecule has 1 amide bonds. The van der Waals surface area contributed by atoms with Crippen molar-refractivity contribution < 1.29 is 4.79 Å². The third-order valence-corrected chi connectivity index (χ3v) is 5.15. The molecule has 0 aliphatic carbocycles. The maximum atomic E-state index is 12.5. The standard InChI is InChI=1S/C16H20N6OS/c1-10(2)14(15-20-19-12-4-3-5-22(12)15)18-13(23)8-11-9-21-6-7-24-16(21)17-11/h6-7,9-10,14H,3-5,8H2,1-2H3,(H,18,23)/t14-/m1/s1. The molecule has 24 heavy (non-hydrogen) atoms. The molecule has 8 heteroatoms. The van der Waals surface area contributed by atoms with E-state index in [1.165, 1.54) is 0 Å². The quantitative estimate of drug-likeness (QED) is 0.768. The molecule has 1 atom stereocenters. The van der Waals surface area contributed by atoms with Gasteiger partial charge < -0.3 is 9.88 Å². The van der Waals surface area contributed by atoms with Gasteiger partial charge in [0.15, 0.2) is 10.8 Å². The molecule has 3 aromatic rings. The molecular formula is C16H20N6OS. The molecule has 0 bridgehead atoms. The van der Waals surface area contributed by atoms with Gasteiger partial charge >= 0.3 is 0 Å². The third kappa shape index (κ3) is 2.71. The molecule has 0 unspecified atom stereocenters. The van der Waals surface area contributed by atoms with Crippen molar-refractivity contribution in [2.24, 2.45) is 5.92 Å². The summed E-state index contributed by atoms with van der Waals surface area (Å²) >= 11 is 1.56. The minimum atomic E-state index is -0.124. The summed E-state index contributed by atoms with van der Waals surface area (Å²) in [6.07, 6.45) is 6.20. The molecule has 0 aromatic carbocycles. The Hall–Kier alpha value is -2.22. The lowest BCUT2D eigenvalue weighted by atomic mass is 10.0. The van der Waals surface area contributed by atoms with Gasteiger partial charge in [-0.2, -0.15) is 0 Å². The highest BCUT2D eigenvalue weighted by Crippen LogP contribution is 2.24. The van der Waals surface area contributed by atoms with E-state index in [4.69, 9.17) is 0 Å². The van der Waals surface area contributed by atoms with Crippen molar-refractivity contribution in [2.75, 3.05) is 0 Å². The number of carbonyl (C=O) groups is 1. The third-order valence-electron chi connectivity index (χ3n) is 4.38. The summed E-state index contributed by atoms with van der Waals surface area (Å²) in [6, 6.07) is -0.124. The second kappa shape index (κ2) is 6.01. The van der Waals surface area contributed by atoms with E-state index in [9.17, 15) is 4.79 Å². The summed E-state index contributed by atoms with van der Waals surface area (Å²) < 4.78 is 4.09. The smallest absolute Gasteiger partial charge is 0.226 e. The Bertz CT molecular complexity index is 848. The van der Waals surface area contributed by atoms with Crippen LogP contribution in [0, 0.1) is 5.92 Å². The summed E-state index contributed by atoms with van der Waals surface area (Å²) in [7, 11) is 0. The van der Waals surface area contributed by atoms with Crippen LogP contribution in [-0.4, -0.2) is 30.1 Å². The van der Waals surface area contributed by atoms with Gasteiger partial charge in [-0.15, -0.1) is 21.5 Å². The van der Waals surface area contributed by atoms with E-state index >= 15 is 0 Å². The van der Waals surface area contributed by atoms with Gasteiger partial charge in [0, 0.05) is 30.7 Å². The number of nitrogens with zero attached hydrogens (tertiary/aromatic N) is 5. The highest BCUT2D eigenvalue weighted by Gasteiger charge is 2.27. The van der Waals surface area contributed by atoms with E-state index in [1.807, 2.05) is 22.2 Å². The van der Waals surface area contributed by atoms with Gasteiger partial charge in [-0.25, -0.2) is 4.98 Å². The van der Waals surface area contributed by atoms with Gasteiger partial charge in [-0.3, -0.25) is 9.20 Å². The monoisotopic (exact) mass is 344 g/mol. The second-order valence-corrected chi connectivity index (χ2v) is 7.39. The van der Waals surface area contributed by atoms with E-state index < -0.39 is 0 Å². The van der Waals surface area contributed by atoms with Crippen molar-refractivity contribution in [3.05, 3.63) is 35.1 Å². The van der Waals surface area contributed by atoms with Crippen LogP contribution in [0.5, 0.6) is 0 Å². The molecule has 1 aliphatic rings. The lowest BCUT2D eigenvalue weighted by molar-refractivity contribution is -0.121. The number of nitrogens with one attached hydrogen (secondary N) is 1. The zero-order chi connectivity index (χ0) is 16.7. The number of aryl methyl sites for hydroxylation is 1. The maximum Gasteiger partial charge on any atom is 0.226 e. The highest BCUT2D eigenvalue weighted by atomic mass is 32.1. The number of aromatic nitrogens is 5. The predicted octanol–water partition coefficient (Wildman–Crippen LogP) is 1.99. The van der Waals surface area contributed by atoms with Gasteiger partial charge in [0.2, 0.25) is 5.91 Å². The molecular weight excluding hydrogens is 324 g/mol. The molecule has 3 aromatic heterocycles. The van der Waals surface area contributed by atoms with Gasteiger partial charge in [0.25, 0.3) is 0 Å². The van der Waals surface area contributed by atoms with Crippen molar-refractivity contribution >= 4 is 22.2 Å². The summed E-state index contributed by atoms with van der Waals surface area (Å²) in [5.41, 5.74) is 0.785. The lowest BCUT2D eigenvalue weighted by Gasteiger charge is -2.21. The molecule has 1 aliphatic heterocycles. The topological polar surface area (TPSA) is 77.1 Å². The number of fused-ring (bicyclic) bond motifs is 2. The average molecular weight is 344 g/mol. The van der Waals surface area contributed by atoms with Crippen molar-refractivity contribution in [3.8, 4) is 0 Å². The number of hydrogen-bond acceptors (Lipinski definition) is 5. The fourth-order valence-corrected chi connectivity index (χ4v) is 3.90. The van der Waals surface area contributed by atoms with E-state index in [0.717, 1.165) is 41.7 Å². The molecule has 0 spiro atoms. The normalized spacial score (nSPS) is 15.1. The maximum absolute atomic E-state index is 12.5. The fraction of sp³-hybridized carbons (Fsp3) is 0.500. The van der Waals surface area contributed by atoms with E-state index in [1.54, 1.807) is 11.3 Å². The molecule has 1 N–H and O–H groups in total. The van der Waals surface area contributed by atoms with Crippen molar-refractivity contribution in [1.82, 2.24) is 29.5 Å². The highest BCUT2D eigenvalue weighted by molar-refractivity contribution is 7.15. The number of amides is 1. The molecule has 0 fully saturated rings. The fourth-order valence-electron chi connectivity index (χ4n) is 3.18. The van der Waals surface area contributed by atoms with Crippen LogP contribution in [0.2, 0.25) is 0 Å². The van der Waals surface area contributed by atoms with Crippen molar-refractivity contribution in [1.29, 1.82) is 0 Å². The molecule has 0 saturated carbocycles. The largest absolute Gasteiger partial charge is 0.345 e. The number of thiazole rings is 1. The first-order valence-electron chi connectivity index (χ1n) is 8.24. The first kappa shape index (κ1) is 15.3. The number of rotatable bonds is 5. The van der Waals surface area contributed by atoms with Gasteiger partial charge in [-0.05, 0) is 12.3 Å². The first-order chi connectivity index (χ1) is 11.6. The van der Waals surface area contributed by atoms with Gasteiger partial charge in [0.1, 0.15) is 5.82 Å². The van der Waals surface area contributed by atoms with E-state index in [-0.39, 0.29) is 24.3 Å². The molecule has 0 saturated heterocycles. The predicted molar refractivity (Wildman–Crippen MR) is 90.8 cm³/mol. The molecule has 4 rings (SSSR count). The zero-order valence-corrected chi connectivity index (χ0v) is 14.6. The Morgan fingerprint density at radius 1 is 1.42 bits per heavy atom. The van der Waals surface area contributed by atoms with E-state index in [2.05, 4.69) is 38.9 Å². The van der Waals surface area contributed by atoms with Crippen LogP contribution >= 0.6 is 11.3 Å². The Morgan fingerprint density at radius 2 is 2.29 bits per heavy atom. The molecule has 0 radical (unpaired) electrons. The zero-order valence-electron chi connectivity index (χ0n) is 13.8. The molecule has 7 nitrogen and oxygen atoms in total. The van der Waals surface area contributed by atoms with Crippen molar-refractivity contribution in [3.63, 3.8) is 0 Å². The summed E-state index contributed by atoms with van der Waals surface area (Å²) in [5.74, 6) is 2.11. The van der Waals surface area contributed by atoms with Crippen LogP contribution < -0.4 is 5.32 Å². The minimum Gasteiger partial charge on any atom is -0.345 e. The van der Waals surface area contributed by atoms with Crippen LogP contribution in [0.15, 0.2) is 17.8 Å². The second-order valence-electron chi connectivity index (χ2n) is 6.52. The van der Waals surface area contributed by atoms with Crippen LogP contribution in [0.4, 0.5) is 0 Å². The Kier molecular flexibility index (Phi) is 3.84. The van der Waals surface area contributed by atoms with Crippen LogP contribution in [-0.2, 0) is 24.2 Å². The first-order valence-corrected chi connectivity index (χ1v) is 9.12. The minimum absolute atomic E-state index is 0.0326. The van der Waals surface area contributed by atoms with Crippen LogP contribution in [0.3, 0.4) is 0 Å². The SMILES string of the molecule is CC(C)[C@@H](NC(=O)Cc1cn2ccsc2n1)c1nnc2n1CCC2. The van der Waals surface area contributed by atoms with Gasteiger partial charge in [0.05, 0.1) is 18.2 Å². The average Bonchev–Trinajstić information content (AvgIpc) is 3.24. The molecule has 126 valence electrons. The summed E-state index contributed by atoms with van der Waals surface area (Å²) in [5, 5.41) is 13.7. The van der Waals surface area contributed by atoms with Crippen molar-refractivity contribution in [2.45, 2.75) is 45.7 Å². The van der Waals surface area contributed by atoms with Crippen LogP contribution in [0.25, 0.3) is 4.96 Å². The molecule has 4 heterocycles.